The van der Waals surface area contributed by atoms with Gasteiger partial charge in [0.2, 0.25) is 0 Å². The van der Waals surface area contributed by atoms with E-state index in [-0.39, 0.29) is 0 Å². The number of nitrogens with zero attached hydrogens (tertiary/aromatic N) is 2. The van der Waals surface area contributed by atoms with E-state index in [0.29, 0.717) is 0 Å². The molecular formula is C17H18N2O2. The molecule has 21 heavy (non-hydrogen) atoms. The van der Waals surface area contributed by atoms with Gasteiger partial charge in [0, 0.05) is 25.1 Å². The fourth-order valence-corrected chi connectivity index (χ4v) is 2.35. The second kappa shape index (κ2) is 5.97. The molecule has 0 atom stereocenters. The summed E-state index contributed by atoms with van der Waals surface area (Å²) in [4.78, 5) is 4.66. The van der Waals surface area contributed by atoms with Crippen LogP contribution in [0.25, 0.3) is 16.9 Å². The molecule has 0 radical (unpaired) electrons. The van der Waals surface area contributed by atoms with Crippen molar-refractivity contribution in [2.75, 3.05) is 20.8 Å². The summed E-state index contributed by atoms with van der Waals surface area (Å²) in [5.41, 5.74) is 4.14. The Morgan fingerprint density at radius 1 is 1.10 bits per heavy atom. The lowest BCUT2D eigenvalue weighted by Gasteiger charge is -2.01. The number of pyridine rings is 1. The molecular weight excluding hydrogens is 264 g/mol. The van der Waals surface area contributed by atoms with Gasteiger partial charge in [0.05, 0.1) is 19.4 Å². The average molecular weight is 282 g/mol. The molecule has 3 rings (SSSR count). The summed E-state index contributed by atoms with van der Waals surface area (Å²) in [7, 11) is 3.38. The molecule has 0 saturated carbocycles. The van der Waals surface area contributed by atoms with E-state index in [1.165, 1.54) is 5.56 Å². The van der Waals surface area contributed by atoms with E-state index in [4.69, 9.17) is 9.47 Å². The molecule has 0 unspecified atom stereocenters. The van der Waals surface area contributed by atoms with Crippen molar-refractivity contribution in [1.29, 1.82) is 0 Å². The van der Waals surface area contributed by atoms with Gasteiger partial charge in [0.1, 0.15) is 0 Å². The molecule has 3 aromatic rings. The number of methoxy groups -OCH3 is 2. The second-order valence-electron chi connectivity index (χ2n) is 4.87. The van der Waals surface area contributed by atoms with E-state index in [9.17, 15) is 0 Å². The molecule has 0 N–H and O–H groups in total. The summed E-state index contributed by atoms with van der Waals surface area (Å²) < 4.78 is 12.4. The number of rotatable bonds is 5. The summed E-state index contributed by atoms with van der Waals surface area (Å²) in [6.45, 7) is 0.741. The second-order valence-corrected chi connectivity index (χ2v) is 4.87. The van der Waals surface area contributed by atoms with Gasteiger partial charge in [0.15, 0.2) is 11.4 Å². The van der Waals surface area contributed by atoms with E-state index in [2.05, 4.69) is 29.2 Å². The third-order valence-corrected chi connectivity index (χ3v) is 3.51. The molecule has 4 heteroatoms. The largest absolute Gasteiger partial charge is 0.493 e. The zero-order chi connectivity index (χ0) is 14.7. The fourth-order valence-electron chi connectivity index (χ4n) is 2.35. The van der Waals surface area contributed by atoms with Crippen molar-refractivity contribution in [2.45, 2.75) is 6.42 Å². The third-order valence-electron chi connectivity index (χ3n) is 3.51. The number of hydrogen-bond donors (Lipinski definition) is 0. The van der Waals surface area contributed by atoms with Crippen molar-refractivity contribution >= 4 is 5.65 Å². The first-order valence-electron chi connectivity index (χ1n) is 6.92. The Balaban J connectivity index is 1.93. The van der Waals surface area contributed by atoms with Crippen LogP contribution in [0.2, 0.25) is 0 Å². The van der Waals surface area contributed by atoms with Crippen LogP contribution in [-0.4, -0.2) is 30.2 Å². The first-order chi connectivity index (χ1) is 10.3. The number of fused-ring (bicyclic) bond motifs is 1. The molecule has 0 spiro atoms. The predicted octanol–water partition coefficient (Wildman–Crippen LogP) is 3.20. The van der Waals surface area contributed by atoms with Crippen molar-refractivity contribution in [2.24, 2.45) is 0 Å². The van der Waals surface area contributed by atoms with Gasteiger partial charge >= 0.3 is 0 Å². The summed E-state index contributed by atoms with van der Waals surface area (Å²) >= 11 is 0. The van der Waals surface area contributed by atoms with Crippen molar-refractivity contribution in [3.63, 3.8) is 0 Å². The molecule has 1 aromatic carbocycles. The van der Waals surface area contributed by atoms with E-state index >= 15 is 0 Å². The van der Waals surface area contributed by atoms with Crippen LogP contribution in [0.3, 0.4) is 0 Å². The van der Waals surface area contributed by atoms with Crippen LogP contribution in [0.4, 0.5) is 0 Å². The first kappa shape index (κ1) is 13.6. The quantitative estimate of drug-likeness (QED) is 0.721. The van der Waals surface area contributed by atoms with Crippen molar-refractivity contribution in [3.05, 3.63) is 54.4 Å². The predicted molar refractivity (Wildman–Crippen MR) is 82.8 cm³/mol. The van der Waals surface area contributed by atoms with Crippen LogP contribution in [0, 0.1) is 0 Å². The van der Waals surface area contributed by atoms with Gasteiger partial charge in [0.25, 0.3) is 0 Å². The summed E-state index contributed by atoms with van der Waals surface area (Å²) in [6.07, 6.45) is 4.92. The standard InChI is InChI=1S/C17H18N2O2/c1-20-11-9-13-5-7-14(8-6-13)15-12-19-10-3-4-16(21-2)17(19)18-15/h3-8,10,12H,9,11H2,1-2H3. The number of aromatic nitrogens is 2. The highest BCUT2D eigenvalue weighted by molar-refractivity contribution is 5.66. The normalized spacial score (nSPS) is 11.0. The Hall–Kier alpha value is -2.33. The molecule has 4 nitrogen and oxygen atoms in total. The van der Waals surface area contributed by atoms with Crippen molar-refractivity contribution in [3.8, 4) is 17.0 Å². The number of imidazole rings is 1. The van der Waals surface area contributed by atoms with E-state index in [1.54, 1.807) is 14.2 Å². The van der Waals surface area contributed by atoms with Gasteiger partial charge in [-0.2, -0.15) is 0 Å². The third kappa shape index (κ3) is 2.76. The van der Waals surface area contributed by atoms with Crippen LogP contribution in [0.1, 0.15) is 5.56 Å². The molecule has 0 aliphatic rings. The van der Waals surface area contributed by atoms with Crippen molar-refractivity contribution < 1.29 is 9.47 Å². The summed E-state index contributed by atoms with van der Waals surface area (Å²) in [5, 5.41) is 0. The highest BCUT2D eigenvalue weighted by Crippen LogP contribution is 2.24. The van der Waals surface area contributed by atoms with Crippen LogP contribution < -0.4 is 4.74 Å². The molecule has 0 aliphatic carbocycles. The molecule has 0 saturated heterocycles. The molecule has 108 valence electrons. The monoisotopic (exact) mass is 282 g/mol. The molecule has 0 aliphatic heterocycles. The minimum Gasteiger partial charge on any atom is -0.493 e. The number of hydrogen-bond acceptors (Lipinski definition) is 3. The van der Waals surface area contributed by atoms with Gasteiger partial charge in [-0.15, -0.1) is 0 Å². The first-order valence-corrected chi connectivity index (χ1v) is 6.92. The lowest BCUT2D eigenvalue weighted by atomic mass is 10.1. The molecule has 2 aromatic heterocycles. The zero-order valence-electron chi connectivity index (χ0n) is 12.2. The fraction of sp³-hybridized carbons (Fsp3) is 0.235. The lowest BCUT2D eigenvalue weighted by Crippen LogP contribution is -1.93. The lowest BCUT2D eigenvalue weighted by molar-refractivity contribution is 0.202. The highest BCUT2D eigenvalue weighted by atomic mass is 16.5. The smallest absolute Gasteiger partial charge is 0.180 e. The Morgan fingerprint density at radius 3 is 2.62 bits per heavy atom. The van der Waals surface area contributed by atoms with E-state index < -0.39 is 0 Å². The zero-order valence-corrected chi connectivity index (χ0v) is 12.2. The Morgan fingerprint density at radius 2 is 1.90 bits per heavy atom. The van der Waals surface area contributed by atoms with Gasteiger partial charge < -0.3 is 13.9 Å². The maximum absolute atomic E-state index is 5.34. The van der Waals surface area contributed by atoms with Crippen LogP contribution in [0.15, 0.2) is 48.8 Å². The number of ether oxygens (including phenoxy) is 2. The summed E-state index contributed by atoms with van der Waals surface area (Å²) in [6, 6.07) is 12.3. The molecule has 0 bridgehead atoms. The van der Waals surface area contributed by atoms with Gasteiger partial charge in [-0.25, -0.2) is 4.98 Å². The van der Waals surface area contributed by atoms with Crippen LogP contribution in [0.5, 0.6) is 5.75 Å². The average Bonchev–Trinajstić information content (AvgIpc) is 2.97. The van der Waals surface area contributed by atoms with Crippen LogP contribution >= 0.6 is 0 Å². The number of benzene rings is 1. The Labute approximate surface area is 124 Å². The maximum Gasteiger partial charge on any atom is 0.180 e. The van der Waals surface area contributed by atoms with E-state index in [0.717, 1.165) is 35.7 Å². The minimum atomic E-state index is 0.741. The molecule has 0 amide bonds. The Bertz CT molecular complexity index is 732. The molecule has 0 fully saturated rings. The SMILES string of the molecule is COCCc1ccc(-c2cn3cccc(OC)c3n2)cc1. The summed E-state index contributed by atoms with van der Waals surface area (Å²) in [5.74, 6) is 0.778. The van der Waals surface area contributed by atoms with Gasteiger partial charge in [-0.1, -0.05) is 24.3 Å². The Kier molecular flexibility index (Phi) is 3.88. The van der Waals surface area contributed by atoms with Crippen molar-refractivity contribution in [1.82, 2.24) is 9.38 Å². The van der Waals surface area contributed by atoms with E-state index in [1.807, 2.05) is 28.9 Å². The topological polar surface area (TPSA) is 35.8 Å². The highest BCUT2D eigenvalue weighted by Gasteiger charge is 2.08. The minimum absolute atomic E-state index is 0.741. The van der Waals surface area contributed by atoms with Gasteiger partial charge in [-0.05, 0) is 24.1 Å². The van der Waals surface area contributed by atoms with Crippen LogP contribution in [-0.2, 0) is 11.2 Å². The maximum atomic E-state index is 5.34. The van der Waals surface area contributed by atoms with Gasteiger partial charge in [-0.3, -0.25) is 0 Å². The molecule has 2 heterocycles.